The number of rotatable bonds is 8. The van der Waals surface area contributed by atoms with Gasteiger partial charge in [0.05, 0.1) is 5.69 Å². The third kappa shape index (κ3) is 5.39. The van der Waals surface area contributed by atoms with Crippen molar-refractivity contribution < 1.29 is 9.53 Å². The molecule has 0 atom stereocenters. The lowest BCUT2D eigenvalue weighted by molar-refractivity contribution is -0.118. The second kappa shape index (κ2) is 9.46. The lowest BCUT2D eigenvalue weighted by atomic mass is 10.2. The van der Waals surface area contributed by atoms with Crippen molar-refractivity contribution in [2.75, 3.05) is 11.9 Å². The van der Waals surface area contributed by atoms with Gasteiger partial charge in [-0.1, -0.05) is 52.9 Å². The van der Waals surface area contributed by atoms with E-state index < -0.39 is 0 Å². The fraction of sp³-hybridized carbons (Fsp3) is 0.158. The maximum atomic E-state index is 12.1. The number of amides is 1. The van der Waals surface area contributed by atoms with Gasteiger partial charge in [-0.05, 0) is 47.2 Å². The van der Waals surface area contributed by atoms with Crippen molar-refractivity contribution in [2.24, 2.45) is 0 Å². The number of hydrogen-bond donors (Lipinski definition) is 1. The van der Waals surface area contributed by atoms with Gasteiger partial charge in [0.2, 0.25) is 5.13 Å². The van der Waals surface area contributed by atoms with Gasteiger partial charge in [0, 0.05) is 5.75 Å². The van der Waals surface area contributed by atoms with E-state index in [1.165, 1.54) is 33.5 Å². The van der Waals surface area contributed by atoms with Crippen molar-refractivity contribution in [3.05, 3.63) is 66.0 Å². The minimum atomic E-state index is -0.300. The highest BCUT2D eigenvalue weighted by Crippen LogP contribution is 2.28. The molecule has 0 saturated heterocycles. The normalized spacial score (nSPS) is 10.7. The summed E-state index contributed by atoms with van der Waals surface area (Å²) < 4.78 is 7.84. The molecule has 4 rings (SSSR count). The summed E-state index contributed by atoms with van der Waals surface area (Å²) in [6, 6.07) is 15.4. The molecule has 9 nitrogen and oxygen atoms in total. The zero-order valence-corrected chi connectivity index (χ0v) is 17.6. The van der Waals surface area contributed by atoms with Crippen molar-refractivity contribution in [3.63, 3.8) is 0 Å². The van der Waals surface area contributed by atoms with Gasteiger partial charge in [-0.2, -0.15) is 0 Å². The Morgan fingerprint density at radius 2 is 2.07 bits per heavy atom. The van der Waals surface area contributed by atoms with E-state index in [0.29, 0.717) is 10.9 Å². The molecule has 30 heavy (non-hydrogen) atoms. The van der Waals surface area contributed by atoms with Crippen molar-refractivity contribution in [3.8, 4) is 11.4 Å². The largest absolute Gasteiger partial charge is 0.484 e. The fourth-order valence-corrected chi connectivity index (χ4v) is 4.26. The van der Waals surface area contributed by atoms with Gasteiger partial charge in [-0.25, -0.2) is 4.68 Å². The van der Waals surface area contributed by atoms with E-state index in [1.807, 2.05) is 6.07 Å². The molecule has 0 fully saturated rings. The quantitative estimate of drug-likeness (QED) is 0.330. The summed E-state index contributed by atoms with van der Waals surface area (Å²) >= 11 is 2.93. The number of anilines is 1. The predicted octanol–water partition coefficient (Wildman–Crippen LogP) is 3.13. The Labute approximate surface area is 180 Å². The van der Waals surface area contributed by atoms with E-state index in [9.17, 15) is 4.79 Å². The maximum Gasteiger partial charge on any atom is 0.264 e. The Bertz CT molecular complexity index is 1110. The van der Waals surface area contributed by atoms with E-state index in [-0.39, 0.29) is 12.5 Å². The zero-order valence-electron chi connectivity index (χ0n) is 15.9. The monoisotopic (exact) mass is 439 g/mol. The summed E-state index contributed by atoms with van der Waals surface area (Å²) in [5.74, 6) is 1.06. The molecule has 1 amide bonds. The lowest BCUT2D eigenvalue weighted by Gasteiger charge is -2.06. The topological polar surface area (TPSA) is 108 Å². The number of carbonyl (C=O) groups is 1. The number of carbonyl (C=O) groups excluding carboxylic acids is 1. The molecule has 0 aliphatic heterocycles. The van der Waals surface area contributed by atoms with Gasteiger partial charge in [0.15, 0.2) is 10.9 Å². The average molecular weight is 440 g/mol. The SMILES string of the molecule is Cc1cccc(CSc2nnc(NC(=O)COc3ccc(-n4cnnn4)cc3)s2)c1. The van der Waals surface area contributed by atoms with E-state index in [4.69, 9.17) is 4.74 Å². The second-order valence-electron chi connectivity index (χ2n) is 6.24. The summed E-state index contributed by atoms with van der Waals surface area (Å²) in [5.41, 5.74) is 3.24. The Hall–Kier alpha value is -3.31. The third-order valence-corrected chi connectivity index (χ3v) is 5.96. The van der Waals surface area contributed by atoms with Gasteiger partial charge in [-0.3, -0.25) is 10.1 Å². The number of benzene rings is 2. The van der Waals surface area contributed by atoms with E-state index in [0.717, 1.165) is 15.8 Å². The zero-order chi connectivity index (χ0) is 20.8. The van der Waals surface area contributed by atoms with E-state index in [2.05, 4.69) is 56.2 Å². The highest BCUT2D eigenvalue weighted by molar-refractivity contribution is 8.00. The second-order valence-corrected chi connectivity index (χ2v) is 8.44. The minimum absolute atomic E-state index is 0.129. The van der Waals surface area contributed by atoms with Crippen LogP contribution in [0.15, 0.2) is 59.2 Å². The summed E-state index contributed by atoms with van der Waals surface area (Å²) in [4.78, 5) is 12.1. The summed E-state index contributed by atoms with van der Waals surface area (Å²) in [6.07, 6.45) is 1.50. The molecule has 2 heterocycles. The van der Waals surface area contributed by atoms with Crippen molar-refractivity contribution in [2.45, 2.75) is 17.0 Å². The molecule has 0 saturated carbocycles. The lowest BCUT2D eigenvalue weighted by Crippen LogP contribution is -2.20. The highest BCUT2D eigenvalue weighted by Gasteiger charge is 2.10. The van der Waals surface area contributed by atoms with Crippen molar-refractivity contribution in [1.82, 2.24) is 30.4 Å². The molecule has 152 valence electrons. The standard InChI is InChI=1S/C19H17N7O2S2/c1-13-3-2-4-14(9-13)11-29-19-23-22-18(30-19)21-17(27)10-28-16-7-5-15(6-8-16)26-12-20-24-25-26/h2-9,12H,10-11H2,1H3,(H,21,22,27). The summed E-state index contributed by atoms with van der Waals surface area (Å²) in [6.45, 7) is 1.94. The van der Waals surface area contributed by atoms with Crippen LogP contribution in [0.25, 0.3) is 5.69 Å². The molecule has 2 aromatic heterocycles. The number of aryl methyl sites for hydroxylation is 1. The summed E-state index contributed by atoms with van der Waals surface area (Å²) in [7, 11) is 0. The molecular weight excluding hydrogens is 422 g/mol. The number of thioether (sulfide) groups is 1. The molecule has 0 bridgehead atoms. The molecule has 1 N–H and O–H groups in total. The van der Waals surface area contributed by atoms with Crippen LogP contribution >= 0.6 is 23.1 Å². The maximum absolute atomic E-state index is 12.1. The van der Waals surface area contributed by atoms with Crippen LogP contribution in [-0.4, -0.2) is 42.9 Å². The van der Waals surface area contributed by atoms with Gasteiger partial charge in [-0.15, -0.1) is 15.3 Å². The first kappa shape index (κ1) is 20.0. The molecule has 0 spiro atoms. The van der Waals surface area contributed by atoms with Gasteiger partial charge >= 0.3 is 0 Å². The first-order valence-electron chi connectivity index (χ1n) is 8.94. The Kier molecular flexibility index (Phi) is 6.30. The first-order valence-corrected chi connectivity index (χ1v) is 10.7. The molecule has 4 aromatic rings. The number of nitrogens with one attached hydrogen (secondary N) is 1. The van der Waals surface area contributed by atoms with E-state index >= 15 is 0 Å². The van der Waals surface area contributed by atoms with Crippen molar-refractivity contribution in [1.29, 1.82) is 0 Å². The van der Waals surface area contributed by atoms with Crippen molar-refractivity contribution >= 4 is 34.1 Å². The predicted molar refractivity (Wildman–Crippen MR) is 114 cm³/mol. The number of aromatic nitrogens is 6. The van der Waals surface area contributed by atoms with Crippen LogP contribution in [0.4, 0.5) is 5.13 Å². The van der Waals surface area contributed by atoms with Gasteiger partial charge < -0.3 is 4.74 Å². The molecule has 0 aliphatic rings. The Morgan fingerprint density at radius 3 is 2.83 bits per heavy atom. The van der Waals surface area contributed by atoms with Crippen LogP contribution in [0, 0.1) is 6.92 Å². The third-order valence-electron chi connectivity index (χ3n) is 3.92. The smallest absolute Gasteiger partial charge is 0.264 e. The minimum Gasteiger partial charge on any atom is -0.484 e. The molecule has 0 unspecified atom stereocenters. The highest BCUT2D eigenvalue weighted by atomic mass is 32.2. The van der Waals surface area contributed by atoms with Gasteiger partial charge in [0.25, 0.3) is 5.91 Å². The molecule has 0 aliphatic carbocycles. The van der Waals surface area contributed by atoms with Crippen LogP contribution < -0.4 is 10.1 Å². The average Bonchev–Trinajstić information content (AvgIpc) is 3.44. The van der Waals surface area contributed by atoms with E-state index in [1.54, 1.807) is 36.0 Å². The molecule has 0 radical (unpaired) electrons. The van der Waals surface area contributed by atoms with Crippen LogP contribution in [0.2, 0.25) is 0 Å². The number of ether oxygens (including phenoxy) is 1. The van der Waals surface area contributed by atoms with Gasteiger partial charge in [0.1, 0.15) is 12.1 Å². The number of hydrogen-bond acceptors (Lipinski definition) is 9. The number of nitrogens with zero attached hydrogens (tertiary/aromatic N) is 6. The molecule has 2 aromatic carbocycles. The Balaban J connectivity index is 1.24. The number of tetrazole rings is 1. The Morgan fingerprint density at radius 1 is 1.20 bits per heavy atom. The van der Waals surface area contributed by atoms with Crippen LogP contribution in [-0.2, 0) is 10.5 Å². The van der Waals surface area contributed by atoms with Crippen LogP contribution in [0.5, 0.6) is 5.75 Å². The van der Waals surface area contributed by atoms with Crippen LogP contribution in [0.1, 0.15) is 11.1 Å². The first-order chi connectivity index (χ1) is 14.7. The fourth-order valence-electron chi connectivity index (χ4n) is 2.54. The molecule has 11 heteroatoms. The molecular formula is C19H17N7O2S2. The summed E-state index contributed by atoms with van der Waals surface area (Å²) in [5, 5.41) is 22.3. The van der Waals surface area contributed by atoms with Crippen LogP contribution in [0.3, 0.4) is 0 Å².